The van der Waals surface area contributed by atoms with Gasteiger partial charge in [-0.25, -0.2) is 0 Å². The van der Waals surface area contributed by atoms with E-state index in [2.05, 4.69) is 45.2 Å². The third-order valence-electron chi connectivity index (χ3n) is 3.80. The van der Waals surface area contributed by atoms with E-state index in [0.29, 0.717) is 0 Å². The molecule has 0 aliphatic carbocycles. The molecule has 0 saturated carbocycles. The molecule has 1 atom stereocenters. The average Bonchev–Trinajstić information content (AvgIpc) is 2.87. The first-order valence-corrected chi connectivity index (χ1v) is 7.77. The van der Waals surface area contributed by atoms with Gasteiger partial charge in [0.15, 0.2) is 0 Å². The number of nitrogens with one attached hydrogen (secondary N) is 1. The fourth-order valence-electron chi connectivity index (χ4n) is 2.61. The molecule has 1 aromatic rings. The van der Waals surface area contributed by atoms with Gasteiger partial charge in [0.25, 0.3) is 0 Å². The summed E-state index contributed by atoms with van der Waals surface area (Å²) in [5.74, 6) is 1.69. The molecule has 106 valence electrons. The van der Waals surface area contributed by atoms with E-state index in [-0.39, 0.29) is 0 Å². The molecule has 1 heterocycles. The Hall–Kier alpha value is -0.580. The highest BCUT2D eigenvalue weighted by molar-refractivity contribution is 9.10. The first-order valence-electron chi connectivity index (χ1n) is 6.98. The summed E-state index contributed by atoms with van der Waals surface area (Å²) in [4.78, 5) is 2.52. The van der Waals surface area contributed by atoms with E-state index in [1.54, 1.807) is 7.11 Å². The summed E-state index contributed by atoms with van der Waals surface area (Å²) in [6, 6.07) is 6.25. The number of rotatable bonds is 6. The molecule has 3 nitrogen and oxygen atoms in total. The zero-order chi connectivity index (χ0) is 13.7. The Balaban J connectivity index is 1.75. The van der Waals surface area contributed by atoms with E-state index < -0.39 is 0 Å². The maximum Gasteiger partial charge on any atom is 0.133 e. The normalized spacial score (nSPS) is 19.8. The van der Waals surface area contributed by atoms with Crippen molar-refractivity contribution in [1.29, 1.82) is 0 Å². The standard InChI is InChI=1S/C15H23BrN2O/c1-3-18-7-6-13(11-18)10-17-9-12-4-5-15(19-2)14(16)8-12/h4-5,8,13,17H,3,6-7,9-11H2,1-2H3/t13-/m1/s1. The highest BCUT2D eigenvalue weighted by Crippen LogP contribution is 2.25. The quantitative estimate of drug-likeness (QED) is 0.869. The van der Waals surface area contributed by atoms with Crippen LogP contribution in [-0.4, -0.2) is 38.2 Å². The van der Waals surface area contributed by atoms with Crippen LogP contribution in [0.15, 0.2) is 22.7 Å². The molecule has 1 aliphatic rings. The van der Waals surface area contributed by atoms with E-state index in [4.69, 9.17) is 4.74 Å². The van der Waals surface area contributed by atoms with E-state index in [1.807, 2.05) is 6.07 Å². The first-order chi connectivity index (χ1) is 9.22. The number of nitrogens with zero attached hydrogens (tertiary/aromatic N) is 1. The smallest absolute Gasteiger partial charge is 0.133 e. The average molecular weight is 327 g/mol. The van der Waals surface area contributed by atoms with Gasteiger partial charge in [0.05, 0.1) is 11.6 Å². The summed E-state index contributed by atoms with van der Waals surface area (Å²) in [5, 5.41) is 3.56. The lowest BCUT2D eigenvalue weighted by Crippen LogP contribution is -2.26. The van der Waals surface area contributed by atoms with Crippen LogP contribution >= 0.6 is 15.9 Å². The SMILES string of the molecule is CCN1CC[C@H](CNCc2ccc(OC)c(Br)c2)C1. The molecule has 0 aromatic heterocycles. The molecule has 0 radical (unpaired) electrons. The number of benzene rings is 1. The summed E-state index contributed by atoms with van der Waals surface area (Å²) >= 11 is 3.52. The largest absolute Gasteiger partial charge is 0.496 e. The summed E-state index contributed by atoms with van der Waals surface area (Å²) in [6.07, 6.45) is 1.33. The molecule has 0 spiro atoms. The van der Waals surface area contributed by atoms with Crippen molar-refractivity contribution in [2.75, 3.05) is 33.3 Å². The fraction of sp³-hybridized carbons (Fsp3) is 0.600. The van der Waals surface area contributed by atoms with Crippen LogP contribution in [0.1, 0.15) is 18.9 Å². The second-order valence-electron chi connectivity index (χ2n) is 5.15. The van der Waals surface area contributed by atoms with Crippen LogP contribution in [-0.2, 0) is 6.54 Å². The number of halogens is 1. The van der Waals surface area contributed by atoms with Crippen molar-refractivity contribution in [2.45, 2.75) is 19.9 Å². The number of ether oxygens (including phenoxy) is 1. The van der Waals surface area contributed by atoms with Crippen LogP contribution in [0.3, 0.4) is 0 Å². The van der Waals surface area contributed by atoms with Gasteiger partial charge in [0.1, 0.15) is 5.75 Å². The number of likely N-dealkylation sites (tertiary alicyclic amines) is 1. The van der Waals surface area contributed by atoms with E-state index in [9.17, 15) is 0 Å². The maximum absolute atomic E-state index is 5.24. The molecule has 2 rings (SSSR count). The Kier molecular flexibility index (Phi) is 5.67. The molecular weight excluding hydrogens is 304 g/mol. The molecular formula is C15H23BrN2O. The van der Waals surface area contributed by atoms with Crippen molar-refractivity contribution in [3.63, 3.8) is 0 Å². The Morgan fingerprint density at radius 1 is 1.47 bits per heavy atom. The second kappa shape index (κ2) is 7.27. The lowest BCUT2D eigenvalue weighted by atomic mass is 10.1. The van der Waals surface area contributed by atoms with Gasteiger partial charge in [-0.2, -0.15) is 0 Å². The molecule has 1 aromatic carbocycles. The highest BCUT2D eigenvalue weighted by atomic mass is 79.9. The van der Waals surface area contributed by atoms with E-state index in [1.165, 1.54) is 31.6 Å². The van der Waals surface area contributed by atoms with Crippen LogP contribution in [0.2, 0.25) is 0 Å². The van der Waals surface area contributed by atoms with Crippen molar-refractivity contribution < 1.29 is 4.74 Å². The molecule has 1 fully saturated rings. The summed E-state index contributed by atoms with van der Waals surface area (Å²) in [6.45, 7) is 7.96. The van der Waals surface area contributed by atoms with Crippen LogP contribution in [0.25, 0.3) is 0 Å². The van der Waals surface area contributed by atoms with Crippen molar-refractivity contribution in [2.24, 2.45) is 5.92 Å². The van der Waals surface area contributed by atoms with Gasteiger partial charge in [0.2, 0.25) is 0 Å². The Morgan fingerprint density at radius 2 is 2.32 bits per heavy atom. The maximum atomic E-state index is 5.24. The van der Waals surface area contributed by atoms with Gasteiger partial charge >= 0.3 is 0 Å². The van der Waals surface area contributed by atoms with Crippen molar-refractivity contribution in [3.05, 3.63) is 28.2 Å². The molecule has 1 aliphatic heterocycles. The molecule has 1 saturated heterocycles. The van der Waals surface area contributed by atoms with Crippen molar-refractivity contribution >= 4 is 15.9 Å². The molecule has 1 N–H and O–H groups in total. The van der Waals surface area contributed by atoms with Gasteiger partial charge in [-0.15, -0.1) is 0 Å². The van der Waals surface area contributed by atoms with Gasteiger partial charge < -0.3 is 15.0 Å². The molecule has 4 heteroatoms. The fourth-order valence-corrected chi connectivity index (χ4v) is 3.20. The number of hydrogen-bond acceptors (Lipinski definition) is 3. The minimum Gasteiger partial charge on any atom is -0.496 e. The van der Waals surface area contributed by atoms with Crippen LogP contribution in [0.4, 0.5) is 0 Å². The number of hydrogen-bond donors (Lipinski definition) is 1. The molecule has 19 heavy (non-hydrogen) atoms. The van der Waals surface area contributed by atoms with Gasteiger partial charge in [-0.3, -0.25) is 0 Å². The van der Waals surface area contributed by atoms with E-state index in [0.717, 1.165) is 29.2 Å². The van der Waals surface area contributed by atoms with Crippen molar-refractivity contribution in [1.82, 2.24) is 10.2 Å². The summed E-state index contributed by atoms with van der Waals surface area (Å²) in [5.41, 5.74) is 1.29. The van der Waals surface area contributed by atoms with Gasteiger partial charge in [-0.05, 0) is 65.6 Å². The Bertz CT molecular complexity index is 411. The predicted octanol–water partition coefficient (Wildman–Crippen LogP) is 2.89. The molecule has 0 amide bonds. The third-order valence-corrected chi connectivity index (χ3v) is 4.42. The zero-order valence-electron chi connectivity index (χ0n) is 11.8. The summed E-state index contributed by atoms with van der Waals surface area (Å²) < 4.78 is 6.26. The number of methoxy groups -OCH3 is 1. The van der Waals surface area contributed by atoms with Gasteiger partial charge in [0, 0.05) is 13.1 Å². The van der Waals surface area contributed by atoms with E-state index >= 15 is 0 Å². The highest BCUT2D eigenvalue weighted by Gasteiger charge is 2.20. The van der Waals surface area contributed by atoms with Crippen molar-refractivity contribution in [3.8, 4) is 5.75 Å². The second-order valence-corrected chi connectivity index (χ2v) is 6.00. The molecule has 0 bridgehead atoms. The lowest BCUT2D eigenvalue weighted by Gasteiger charge is -2.14. The molecule has 0 unspecified atom stereocenters. The monoisotopic (exact) mass is 326 g/mol. The van der Waals surface area contributed by atoms with Crippen LogP contribution in [0.5, 0.6) is 5.75 Å². The third kappa shape index (κ3) is 4.20. The predicted molar refractivity (Wildman–Crippen MR) is 82.6 cm³/mol. The minimum atomic E-state index is 0.807. The zero-order valence-corrected chi connectivity index (χ0v) is 13.4. The minimum absolute atomic E-state index is 0.807. The van der Waals surface area contributed by atoms with Crippen LogP contribution in [0, 0.1) is 5.92 Å². The lowest BCUT2D eigenvalue weighted by molar-refractivity contribution is 0.339. The first kappa shape index (κ1) is 14.8. The Morgan fingerprint density at radius 3 is 2.95 bits per heavy atom. The van der Waals surface area contributed by atoms with Gasteiger partial charge in [-0.1, -0.05) is 13.0 Å². The Labute approximate surface area is 124 Å². The topological polar surface area (TPSA) is 24.5 Å². The summed E-state index contributed by atoms with van der Waals surface area (Å²) in [7, 11) is 1.69. The van der Waals surface area contributed by atoms with Crippen LogP contribution < -0.4 is 10.1 Å².